The van der Waals surface area contributed by atoms with Crippen LogP contribution in [0.2, 0.25) is 5.02 Å². The predicted octanol–water partition coefficient (Wildman–Crippen LogP) is 4.44. The van der Waals surface area contributed by atoms with Crippen molar-refractivity contribution in [3.63, 3.8) is 0 Å². The van der Waals surface area contributed by atoms with Gasteiger partial charge in [-0.1, -0.05) is 17.7 Å². The van der Waals surface area contributed by atoms with E-state index >= 15 is 0 Å². The summed E-state index contributed by atoms with van der Waals surface area (Å²) in [7, 11) is 3.50. The molecule has 0 amide bonds. The maximum atomic E-state index is 6.31. The molecular weight excluding hydrogens is 509 g/mol. The number of halogens is 2. The van der Waals surface area contributed by atoms with Gasteiger partial charge in [0, 0.05) is 47.7 Å². The van der Waals surface area contributed by atoms with E-state index < -0.39 is 0 Å². The average molecular weight is 536 g/mol. The molecule has 1 aliphatic rings. The first kappa shape index (κ1) is 23.3. The van der Waals surface area contributed by atoms with Crippen molar-refractivity contribution in [1.82, 2.24) is 10.6 Å². The van der Waals surface area contributed by atoms with Crippen molar-refractivity contribution in [1.29, 1.82) is 0 Å². The van der Waals surface area contributed by atoms with Crippen molar-refractivity contribution in [2.24, 2.45) is 4.99 Å². The number of hydrogen-bond donors (Lipinski definition) is 2. The standard InChI is InChI=1S/C20H26ClN3O2S.HI/c1-22-19(23-13-16-4-3-11-27-16)24-14-20(7-9-26-10-8-20)17-12-15(21)5-6-18(17)25-2;/h3-6,11-12H,7-10,13-14H2,1-2H3,(H2,22,23,24);1H. The van der Waals surface area contributed by atoms with Gasteiger partial charge in [-0.2, -0.15) is 0 Å². The summed E-state index contributed by atoms with van der Waals surface area (Å²) in [4.78, 5) is 5.64. The summed E-state index contributed by atoms with van der Waals surface area (Å²) < 4.78 is 11.3. The van der Waals surface area contributed by atoms with Crippen LogP contribution in [0, 0.1) is 0 Å². The van der Waals surface area contributed by atoms with E-state index in [9.17, 15) is 0 Å². The molecule has 2 heterocycles. The number of thiophene rings is 1. The maximum Gasteiger partial charge on any atom is 0.191 e. The number of rotatable bonds is 6. The van der Waals surface area contributed by atoms with Gasteiger partial charge in [0.05, 0.1) is 13.7 Å². The Balaban J connectivity index is 0.00000280. The Hall–Kier alpha value is -1.03. The molecule has 1 aromatic heterocycles. The lowest BCUT2D eigenvalue weighted by molar-refractivity contribution is 0.0505. The Labute approximate surface area is 192 Å². The van der Waals surface area contributed by atoms with Gasteiger partial charge in [0.1, 0.15) is 5.75 Å². The second kappa shape index (κ2) is 11.2. The number of guanidine groups is 1. The van der Waals surface area contributed by atoms with Crippen molar-refractivity contribution < 1.29 is 9.47 Å². The number of nitrogens with zero attached hydrogens (tertiary/aromatic N) is 1. The molecule has 0 spiro atoms. The second-order valence-electron chi connectivity index (χ2n) is 6.60. The minimum absolute atomic E-state index is 0. The number of nitrogens with one attached hydrogen (secondary N) is 2. The molecule has 0 unspecified atom stereocenters. The zero-order valence-electron chi connectivity index (χ0n) is 16.2. The van der Waals surface area contributed by atoms with Crippen molar-refractivity contribution in [3.05, 3.63) is 51.2 Å². The van der Waals surface area contributed by atoms with Crippen molar-refractivity contribution in [2.75, 3.05) is 33.9 Å². The fourth-order valence-corrected chi connectivity index (χ4v) is 4.27. The molecule has 0 aliphatic carbocycles. The quantitative estimate of drug-likeness (QED) is 0.326. The molecule has 2 aromatic rings. The number of aliphatic imine (C=N–C) groups is 1. The minimum Gasteiger partial charge on any atom is -0.496 e. The first-order chi connectivity index (χ1) is 13.2. The van der Waals surface area contributed by atoms with Gasteiger partial charge in [0.15, 0.2) is 5.96 Å². The molecule has 1 aliphatic heterocycles. The van der Waals surface area contributed by atoms with Crippen molar-refractivity contribution in [2.45, 2.75) is 24.8 Å². The largest absolute Gasteiger partial charge is 0.496 e. The van der Waals surface area contributed by atoms with Crippen LogP contribution in [-0.2, 0) is 16.7 Å². The van der Waals surface area contributed by atoms with Crippen LogP contribution in [-0.4, -0.2) is 39.9 Å². The number of methoxy groups -OCH3 is 1. The smallest absolute Gasteiger partial charge is 0.191 e. The van der Waals surface area contributed by atoms with Crippen LogP contribution in [0.15, 0.2) is 40.7 Å². The normalized spacial score (nSPS) is 16.2. The zero-order chi connectivity index (χ0) is 19.1. The van der Waals surface area contributed by atoms with Gasteiger partial charge in [-0.3, -0.25) is 4.99 Å². The van der Waals surface area contributed by atoms with E-state index in [0.29, 0.717) is 0 Å². The van der Waals surface area contributed by atoms with Crippen molar-refractivity contribution >= 4 is 52.9 Å². The van der Waals surface area contributed by atoms with Crippen LogP contribution >= 0.6 is 46.9 Å². The van der Waals surface area contributed by atoms with Gasteiger partial charge in [0.2, 0.25) is 0 Å². The van der Waals surface area contributed by atoms with E-state index in [1.54, 1.807) is 25.5 Å². The highest BCUT2D eigenvalue weighted by atomic mass is 127. The summed E-state index contributed by atoms with van der Waals surface area (Å²) in [5.74, 6) is 1.65. The SMILES string of the molecule is CN=C(NCc1cccs1)NCC1(c2cc(Cl)ccc2OC)CCOCC1.I. The second-order valence-corrected chi connectivity index (χ2v) is 8.06. The van der Waals surface area contributed by atoms with Crippen LogP contribution in [0.3, 0.4) is 0 Å². The van der Waals surface area contributed by atoms with Gasteiger partial charge in [-0.15, -0.1) is 35.3 Å². The minimum atomic E-state index is -0.116. The van der Waals surface area contributed by atoms with Gasteiger partial charge < -0.3 is 20.1 Å². The summed E-state index contributed by atoms with van der Waals surface area (Å²) in [6.07, 6.45) is 1.80. The van der Waals surface area contributed by atoms with E-state index in [-0.39, 0.29) is 29.4 Å². The van der Waals surface area contributed by atoms with Crippen LogP contribution in [0.25, 0.3) is 0 Å². The molecule has 0 radical (unpaired) electrons. The average Bonchev–Trinajstić information content (AvgIpc) is 3.22. The summed E-state index contributed by atoms with van der Waals surface area (Å²) >= 11 is 8.04. The van der Waals surface area contributed by atoms with Crippen LogP contribution in [0.5, 0.6) is 5.75 Å². The van der Waals surface area contributed by atoms with E-state index in [0.717, 1.165) is 61.4 Å². The molecule has 8 heteroatoms. The molecule has 1 saturated heterocycles. The molecule has 0 atom stereocenters. The molecule has 1 fully saturated rings. The van der Waals surface area contributed by atoms with E-state index in [1.807, 2.05) is 18.2 Å². The Morgan fingerprint density at radius 1 is 1.29 bits per heavy atom. The highest BCUT2D eigenvalue weighted by Crippen LogP contribution is 2.40. The number of hydrogen-bond acceptors (Lipinski definition) is 4. The molecule has 3 rings (SSSR count). The molecule has 0 bridgehead atoms. The van der Waals surface area contributed by atoms with Gasteiger partial charge in [-0.25, -0.2) is 0 Å². The summed E-state index contributed by atoms with van der Waals surface area (Å²) in [6, 6.07) is 10.0. The van der Waals surface area contributed by atoms with Crippen LogP contribution < -0.4 is 15.4 Å². The fourth-order valence-electron chi connectivity index (χ4n) is 3.46. The lowest BCUT2D eigenvalue weighted by Gasteiger charge is -2.39. The van der Waals surface area contributed by atoms with Gasteiger partial charge in [0.25, 0.3) is 0 Å². The monoisotopic (exact) mass is 535 g/mol. The van der Waals surface area contributed by atoms with Gasteiger partial charge in [-0.05, 0) is 42.5 Å². The fraction of sp³-hybridized carbons (Fsp3) is 0.450. The van der Waals surface area contributed by atoms with E-state index in [2.05, 4.69) is 33.1 Å². The third-order valence-corrected chi connectivity index (χ3v) is 6.12. The molecule has 2 N–H and O–H groups in total. The highest BCUT2D eigenvalue weighted by Gasteiger charge is 2.37. The molecule has 1 aromatic carbocycles. The van der Waals surface area contributed by atoms with E-state index in [1.165, 1.54) is 4.88 Å². The Kier molecular flexibility index (Phi) is 9.33. The summed E-state index contributed by atoms with van der Waals surface area (Å²) in [5, 5.41) is 9.68. The third-order valence-electron chi connectivity index (χ3n) is 5.01. The maximum absolute atomic E-state index is 6.31. The first-order valence-corrected chi connectivity index (χ1v) is 10.3. The topological polar surface area (TPSA) is 54.9 Å². The zero-order valence-corrected chi connectivity index (χ0v) is 20.1. The van der Waals surface area contributed by atoms with Crippen LogP contribution in [0.1, 0.15) is 23.3 Å². The summed E-state index contributed by atoms with van der Waals surface area (Å²) in [5.41, 5.74) is 1.01. The van der Waals surface area contributed by atoms with E-state index in [4.69, 9.17) is 21.1 Å². The molecule has 154 valence electrons. The lowest BCUT2D eigenvalue weighted by Crippen LogP contribution is -2.48. The Morgan fingerprint density at radius 2 is 2.07 bits per heavy atom. The third kappa shape index (κ3) is 5.75. The molecule has 28 heavy (non-hydrogen) atoms. The molecular formula is C20H27ClIN3O2S. The first-order valence-electron chi connectivity index (χ1n) is 9.05. The molecule has 5 nitrogen and oxygen atoms in total. The predicted molar refractivity (Wildman–Crippen MR) is 128 cm³/mol. The summed E-state index contributed by atoms with van der Waals surface area (Å²) in [6.45, 7) is 2.93. The van der Waals surface area contributed by atoms with Crippen LogP contribution in [0.4, 0.5) is 0 Å². The molecule has 0 saturated carbocycles. The van der Waals surface area contributed by atoms with Gasteiger partial charge >= 0.3 is 0 Å². The number of benzene rings is 1. The Morgan fingerprint density at radius 3 is 2.71 bits per heavy atom. The lowest BCUT2D eigenvalue weighted by atomic mass is 9.73. The Bertz CT molecular complexity index is 765. The highest BCUT2D eigenvalue weighted by molar-refractivity contribution is 14.0. The van der Waals surface area contributed by atoms with Crippen molar-refractivity contribution in [3.8, 4) is 5.75 Å². The number of ether oxygens (including phenoxy) is 2.